The number of rotatable bonds is 8. The van der Waals surface area contributed by atoms with Crippen LogP contribution in [0.15, 0.2) is 41.3 Å². The van der Waals surface area contributed by atoms with Gasteiger partial charge in [0.25, 0.3) is 11.8 Å². The predicted octanol–water partition coefficient (Wildman–Crippen LogP) is 1.41. The van der Waals surface area contributed by atoms with Crippen LogP contribution < -0.4 is 16.4 Å². The highest BCUT2D eigenvalue weighted by molar-refractivity contribution is 7.89. The van der Waals surface area contributed by atoms with E-state index in [1.165, 1.54) is 26.2 Å². The normalized spacial score (nSPS) is 11.3. The molecule has 0 unspecified atom stereocenters. The number of benzene rings is 2. The van der Waals surface area contributed by atoms with Crippen molar-refractivity contribution in [1.82, 2.24) is 9.62 Å². The van der Waals surface area contributed by atoms with Crippen molar-refractivity contribution in [3.63, 3.8) is 0 Å². The Morgan fingerprint density at radius 2 is 1.68 bits per heavy atom. The lowest BCUT2D eigenvalue weighted by Gasteiger charge is -2.17. The van der Waals surface area contributed by atoms with Crippen molar-refractivity contribution in [2.75, 3.05) is 26.0 Å². The molecule has 0 bridgehead atoms. The summed E-state index contributed by atoms with van der Waals surface area (Å²) < 4.78 is 26.4. The number of carbonyl (C=O) groups excluding carboxylic acids is 3. The quantitative estimate of drug-likeness (QED) is 0.563. The topological polar surface area (TPSA) is 139 Å². The van der Waals surface area contributed by atoms with Crippen molar-refractivity contribution in [2.24, 2.45) is 5.73 Å². The number of nitrogens with two attached hydrogens (primary N) is 1. The van der Waals surface area contributed by atoms with E-state index in [-0.39, 0.29) is 34.7 Å². The van der Waals surface area contributed by atoms with Gasteiger partial charge in [-0.2, -0.15) is 0 Å². The predicted molar refractivity (Wildman–Crippen MR) is 117 cm³/mol. The minimum atomic E-state index is -3.75. The minimum Gasteiger partial charge on any atom is -0.370 e. The monoisotopic (exact) mass is 446 g/mol. The number of hydrogen-bond acceptors (Lipinski definition) is 5. The van der Waals surface area contributed by atoms with E-state index in [0.29, 0.717) is 11.1 Å². The van der Waals surface area contributed by atoms with Crippen LogP contribution >= 0.6 is 0 Å². The highest BCUT2D eigenvalue weighted by atomic mass is 32.2. The molecular weight excluding hydrogens is 420 g/mol. The van der Waals surface area contributed by atoms with Gasteiger partial charge in [0.05, 0.1) is 16.1 Å². The Hall–Kier alpha value is -3.24. The standard InChI is InChI=1S/C21H26N4O5S/c1-13-11-15(12-18(14(13)2)31(29,30)25(3)4)20(27)24-17-8-6-5-7-16(17)21(28)23-10-9-19(22)26/h5-8,11-12H,9-10H2,1-4H3,(H2,22,26)(H,23,28)(H,24,27). The molecule has 10 heteroatoms. The van der Waals surface area contributed by atoms with Gasteiger partial charge in [0.2, 0.25) is 15.9 Å². The molecule has 0 fully saturated rings. The molecule has 0 aliphatic carbocycles. The molecule has 0 heterocycles. The summed E-state index contributed by atoms with van der Waals surface area (Å²) in [6.45, 7) is 3.47. The van der Waals surface area contributed by atoms with E-state index in [9.17, 15) is 22.8 Å². The lowest BCUT2D eigenvalue weighted by molar-refractivity contribution is -0.117. The van der Waals surface area contributed by atoms with Crippen LogP contribution in [0.25, 0.3) is 0 Å². The molecule has 2 aromatic rings. The molecular formula is C21H26N4O5S. The average Bonchev–Trinajstić information content (AvgIpc) is 2.69. The Morgan fingerprint density at radius 3 is 2.29 bits per heavy atom. The fourth-order valence-corrected chi connectivity index (χ4v) is 4.02. The highest BCUT2D eigenvalue weighted by Crippen LogP contribution is 2.24. The van der Waals surface area contributed by atoms with Gasteiger partial charge >= 0.3 is 0 Å². The van der Waals surface area contributed by atoms with Crippen molar-refractivity contribution >= 4 is 33.4 Å². The zero-order valence-corrected chi connectivity index (χ0v) is 18.7. The van der Waals surface area contributed by atoms with Crippen LogP contribution in [0.3, 0.4) is 0 Å². The number of para-hydroxylation sites is 1. The molecule has 0 atom stereocenters. The molecule has 0 aromatic heterocycles. The van der Waals surface area contributed by atoms with Gasteiger partial charge < -0.3 is 16.4 Å². The zero-order chi connectivity index (χ0) is 23.3. The maximum absolute atomic E-state index is 12.9. The minimum absolute atomic E-state index is 0.00790. The third-order valence-corrected chi connectivity index (χ3v) is 6.66. The number of primary amides is 1. The van der Waals surface area contributed by atoms with Gasteiger partial charge in [0.1, 0.15) is 0 Å². The molecule has 0 aliphatic rings. The van der Waals surface area contributed by atoms with Crippen LogP contribution in [0.1, 0.15) is 38.3 Å². The highest BCUT2D eigenvalue weighted by Gasteiger charge is 2.23. The summed E-state index contributed by atoms with van der Waals surface area (Å²) >= 11 is 0. The smallest absolute Gasteiger partial charge is 0.255 e. The second kappa shape index (κ2) is 9.71. The molecule has 166 valence electrons. The molecule has 0 spiro atoms. The maximum Gasteiger partial charge on any atom is 0.255 e. The van der Waals surface area contributed by atoms with Crippen LogP contribution in [-0.4, -0.2) is 51.1 Å². The largest absolute Gasteiger partial charge is 0.370 e. The zero-order valence-electron chi connectivity index (χ0n) is 17.9. The summed E-state index contributed by atoms with van der Waals surface area (Å²) in [5.41, 5.74) is 6.86. The first kappa shape index (κ1) is 24.0. The van der Waals surface area contributed by atoms with Gasteiger partial charge in [0, 0.05) is 32.6 Å². The van der Waals surface area contributed by atoms with Gasteiger partial charge in [-0.05, 0) is 49.2 Å². The number of nitrogens with one attached hydrogen (secondary N) is 2. The number of carbonyl (C=O) groups is 3. The van der Waals surface area contributed by atoms with E-state index in [1.54, 1.807) is 38.1 Å². The lowest BCUT2D eigenvalue weighted by Crippen LogP contribution is -2.29. The van der Waals surface area contributed by atoms with Gasteiger partial charge in [0.15, 0.2) is 0 Å². The van der Waals surface area contributed by atoms with Crippen molar-refractivity contribution in [1.29, 1.82) is 0 Å². The Bertz CT molecular complexity index is 1130. The fraction of sp³-hybridized carbons (Fsp3) is 0.286. The van der Waals surface area contributed by atoms with Gasteiger partial charge in [-0.3, -0.25) is 14.4 Å². The Balaban J connectivity index is 2.34. The Kier molecular flexibility index (Phi) is 7.53. The SMILES string of the molecule is Cc1cc(C(=O)Nc2ccccc2C(=O)NCCC(N)=O)cc(S(=O)(=O)N(C)C)c1C. The molecule has 3 amide bonds. The van der Waals surface area contributed by atoms with Crippen molar-refractivity contribution in [3.05, 3.63) is 58.7 Å². The first-order valence-corrected chi connectivity index (χ1v) is 10.9. The fourth-order valence-electron chi connectivity index (χ4n) is 2.80. The second-order valence-corrected chi connectivity index (χ2v) is 9.30. The Morgan fingerprint density at radius 1 is 1.03 bits per heavy atom. The number of hydrogen-bond donors (Lipinski definition) is 3. The van der Waals surface area contributed by atoms with E-state index in [0.717, 1.165) is 4.31 Å². The van der Waals surface area contributed by atoms with E-state index in [4.69, 9.17) is 5.73 Å². The Labute approximate surface area is 181 Å². The van der Waals surface area contributed by atoms with E-state index >= 15 is 0 Å². The van der Waals surface area contributed by atoms with Gasteiger partial charge in [-0.15, -0.1) is 0 Å². The summed E-state index contributed by atoms with van der Waals surface area (Å²) in [6, 6.07) is 9.28. The lowest BCUT2D eigenvalue weighted by atomic mass is 10.1. The van der Waals surface area contributed by atoms with Crippen molar-refractivity contribution in [3.8, 4) is 0 Å². The summed E-state index contributed by atoms with van der Waals surface area (Å²) in [4.78, 5) is 36.2. The molecule has 0 radical (unpaired) electrons. The molecule has 31 heavy (non-hydrogen) atoms. The van der Waals surface area contributed by atoms with Gasteiger partial charge in [-0.1, -0.05) is 12.1 Å². The molecule has 0 saturated carbocycles. The third-order valence-electron chi connectivity index (χ3n) is 4.72. The molecule has 0 saturated heterocycles. The summed E-state index contributed by atoms with van der Waals surface area (Å²) in [7, 11) is -0.905. The van der Waals surface area contributed by atoms with E-state index in [2.05, 4.69) is 10.6 Å². The number of amides is 3. The molecule has 2 rings (SSSR count). The van der Waals surface area contributed by atoms with Gasteiger partial charge in [-0.25, -0.2) is 12.7 Å². The molecule has 0 aliphatic heterocycles. The second-order valence-electron chi connectivity index (χ2n) is 7.18. The third kappa shape index (κ3) is 5.68. The van der Waals surface area contributed by atoms with Crippen LogP contribution in [0.5, 0.6) is 0 Å². The van der Waals surface area contributed by atoms with Crippen LogP contribution in [0.4, 0.5) is 5.69 Å². The number of sulfonamides is 1. The van der Waals surface area contributed by atoms with Crippen LogP contribution in [0.2, 0.25) is 0 Å². The molecule has 2 aromatic carbocycles. The van der Waals surface area contributed by atoms with E-state index < -0.39 is 27.7 Å². The summed E-state index contributed by atoms with van der Waals surface area (Å²) in [6.07, 6.45) is -0.00790. The van der Waals surface area contributed by atoms with Crippen molar-refractivity contribution in [2.45, 2.75) is 25.2 Å². The molecule has 9 nitrogen and oxygen atoms in total. The van der Waals surface area contributed by atoms with E-state index in [1.807, 2.05) is 0 Å². The first-order chi connectivity index (χ1) is 14.4. The van der Waals surface area contributed by atoms with Crippen LogP contribution in [0, 0.1) is 13.8 Å². The maximum atomic E-state index is 12.9. The van der Waals surface area contributed by atoms with Crippen LogP contribution in [-0.2, 0) is 14.8 Å². The summed E-state index contributed by atoms with van der Waals surface area (Å²) in [5, 5.41) is 5.23. The number of aryl methyl sites for hydroxylation is 1. The first-order valence-electron chi connectivity index (χ1n) is 9.45. The van der Waals surface area contributed by atoms with Crippen molar-refractivity contribution < 1.29 is 22.8 Å². The number of anilines is 1. The molecule has 4 N–H and O–H groups in total. The number of nitrogens with zero attached hydrogens (tertiary/aromatic N) is 1. The summed E-state index contributed by atoms with van der Waals surface area (Å²) in [5.74, 6) is -1.58. The average molecular weight is 447 g/mol.